The van der Waals surface area contributed by atoms with E-state index < -0.39 is 0 Å². The molecule has 0 aliphatic heterocycles. The van der Waals surface area contributed by atoms with E-state index in [1.54, 1.807) is 6.20 Å². The van der Waals surface area contributed by atoms with Crippen LogP contribution >= 0.6 is 11.6 Å². The Kier molecular flexibility index (Phi) is 3.61. The van der Waals surface area contributed by atoms with Gasteiger partial charge >= 0.3 is 0 Å². The van der Waals surface area contributed by atoms with Crippen LogP contribution in [0, 0.1) is 11.3 Å². The second-order valence-electron chi connectivity index (χ2n) is 4.77. The van der Waals surface area contributed by atoms with Gasteiger partial charge in [-0.1, -0.05) is 23.7 Å². The van der Waals surface area contributed by atoms with E-state index in [1.807, 2.05) is 36.5 Å². The van der Waals surface area contributed by atoms with Gasteiger partial charge < -0.3 is 10.3 Å². The predicted molar refractivity (Wildman–Crippen MR) is 82.9 cm³/mol. The van der Waals surface area contributed by atoms with Gasteiger partial charge in [-0.25, -0.2) is 4.98 Å². The molecule has 3 aromatic rings. The standard InChI is InChI=1S/C16H13ClN4/c17-13-3-4-14-12(7-18)10-21(16(14)6-13)9-11-2-1-5-20-15(11)8-19/h1-6,10H,7,9,18H2. The Hall–Kier alpha value is -2.35. The van der Waals surface area contributed by atoms with Crippen molar-refractivity contribution in [3.8, 4) is 6.07 Å². The molecule has 0 unspecified atom stereocenters. The summed E-state index contributed by atoms with van der Waals surface area (Å²) in [6.45, 7) is 1.02. The van der Waals surface area contributed by atoms with Crippen LogP contribution in [-0.4, -0.2) is 9.55 Å². The number of rotatable bonds is 3. The van der Waals surface area contributed by atoms with Crippen molar-refractivity contribution in [2.75, 3.05) is 0 Å². The molecule has 0 atom stereocenters. The zero-order chi connectivity index (χ0) is 14.8. The van der Waals surface area contributed by atoms with Crippen molar-refractivity contribution in [3.63, 3.8) is 0 Å². The minimum absolute atomic E-state index is 0.440. The number of benzene rings is 1. The molecular weight excluding hydrogens is 284 g/mol. The van der Waals surface area contributed by atoms with Crippen LogP contribution in [-0.2, 0) is 13.1 Å². The molecule has 0 amide bonds. The molecule has 2 N–H and O–H groups in total. The molecule has 0 aliphatic carbocycles. The SMILES string of the molecule is N#Cc1ncccc1Cn1cc(CN)c2ccc(Cl)cc21. The summed E-state index contributed by atoms with van der Waals surface area (Å²) in [5.74, 6) is 0. The monoisotopic (exact) mass is 296 g/mol. The first-order valence-electron chi connectivity index (χ1n) is 6.54. The van der Waals surface area contributed by atoms with Crippen molar-refractivity contribution in [1.29, 1.82) is 5.26 Å². The highest BCUT2D eigenvalue weighted by Gasteiger charge is 2.10. The van der Waals surface area contributed by atoms with E-state index in [9.17, 15) is 0 Å². The van der Waals surface area contributed by atoms with Gasteiger partial charge in [-0.15, -0.1) is 0 Å². The molecule has 3 rings (SSSR count). The summed E-state index contributed by atoms with van der Waals surface area (Å²) in [5.41, 5.74) is 9.19. The summed E-state index contributed by atoms with van der Waals surface area (Å²) < 4.78 is 2.06. The number of pyridine rings is 1. The van der Waals surface area contributed by atoms with E-state index in [-0.39, 0.29) is 0 Å². The maximum Gasteiger partial charge on any atom is 0.145 e. The first kappa shape index (κ1) is 13.6. The highest BCUT2D eigenvalue weighted by atomic mass is 35.5. The Morgan fingerprint density at radius 3 is 2.90 bits per heavy atom. The van der Waals surface area contributed by atoms with Gasteiger partial charge in [0.1, 0.15) is 11.8 Å². The van der Waals surface area contributed by atoms with Crippen molar-refractivity contribution in [1.82, 2.24) is 9.55 Å². The van der Waals surface area contributed by atoms with Crippen molar-refractivity contribution < 1.29 is 0 Å². The lowest BCUT2D eigenvalue weighted by molar-refractivity contribution is 0.821. The van der Waals surface area contributed by atoms with Crippen molar-refractivity contribution in [2.45, 2.75) is 13.1 Å². The zero-order valence-corrected chi connectivity index (χ0v) is 12.0. The van der Waals surface area contributed by atoms with Gasteiger partial charge in [0.05, 0.1) is 12.1 Å². The number of fused-ring (bicyclic) bond motifs is 1. The van der Waals surface area contributed by atoms with E-state index in [0.29, 0.717) is 23.8 Å². The highest BCUT2D eigenvalue weighted by Crippen LogP contribution is 2.25. The molecule has 0 saturated carbocycles. The quantitative estimate of drug-likeness (QED) is 0.807. The van der Waals surface area contributed by atoms with Gasteiger partial charge in [0.2, 0.25) is 0 Å². The van der Waals surface area contributed by atoms with Crippen LogP contribution < -0.4 is 5.73 Å². The largest absolute Gasteiger partial charge is 0.343 e. The Balaban J connectivity index is 2.13. The maximum absolute atomic E-state index is 9.14. The van der Waals surface area contributed by atoms with Crippen LogP contribution in [0.3, 0.4) is 0 Å². The molecule has 2 heterocycles. The fraction of sp³-hybridized carbons (Fsp3) is 0.125. The van der Waals surface area contributed by atoms with Crippen LogP contribution in [0.5, 0.6) is 0 Å². The van der Waals surface area contributed by atoms with Crippen LogP contribution in [0.25, 0.3) is 10.9 Å². The first-order valence-corrected chi connectivity index (χ1v) is 6.92. The zero-order valence-electron chi connectivity index (χ0n) is 11.3. The third kappa shape index (κ3) is 2.49. The second kappa shape index (κ2) is 5.57. The number of nitrogens with zero attached hydrogens (tertiary/aromatic N) is 3. The smallest absolute Gasteiger partial charge is 0.145 e. The van der Waals surface area contributed by atoms with E-state index in [2.05, 4.69) is 15.6 Å². The summed E-state index contributed by atoms with van der Waals surface area (Å²) in [5, 5.41) is 10.9. The lowest BCUT2D eigenvalue weighted by Crippen LogP contribution is -2.02. The Morgan fingerprint density at radius 2 is 2.14 bits per heavy atom. The Morgan fingerprint density at radius 1 is 1.29 bits per heavy atom. The van der Waals surface area contributed by atoms with Gasteiger partial charge in [-0.2, -0.15) is 5.26 Å². The van der Waals surface area contributed by atoms with Gasteiger partial charge in [0, 0.05) is 34.9 Å². The fourth-order valence-electron chi connectivity index (χ4n) is 2.49. The average molecular weight is 297 g/mol. The van der Waals surface area contributed by atoms with Crippen LogP contribution in [0.2, 0.25) is 5.02 Å². The average Bonchev–Trinajstić information content (AvgIpc) is 2.85. The predicted octanol–water partition coefficient (Wildman–Crippen LogP) is 3.07. The minimum atomic E-state index is 0.440. The molecule has 0 fully saturated rings. The highest BCUT2D eigenvalue weighted by molar-refractivity contribution is 6.31. The number of hydrogen-bond acceptors (Lipinski definition) is 3. The van der Waals surface area contributed by atoms with Crippen LogP contribution in [0.4, 0.5) is 0 Å². The van der Waals surface area contributed by atoms with Crippen molar-refractivity contribution in [3.05, 3.63) is 64.6 Å². The van der Waals surface area contributed by atoms with Gasteiger partial charge in [0.15, 0.2) is 0 Å². The number of halogens is 1. The number of hydrogen-bond donors (Lipinski definition) is 1. The van der Waals surface area contributed by atoms with E-state index in [1.165, 1.54) is 0 Å². The van der Waals surface area contributed by atoms with E-state index >= 15 is 0 Å². The summed E-state index contributed by atoms with van der Waals surface area (Å²) in [4.78, 5) is 4.09. The number of nitrogens with two attached hydrogens (primary N) is 1. The molecule has 1 aromatic carbocycles. The lowest BCUT2D eigenvalue weighted by Gasteiger charge is -2.07. The molecule has 4 nitrogen and oxygen atoms in total. The summed E-state index contributed by atoms with van der Waals surface area (Å²) in [7, 11) is 0. The summed E-state index contributed by atoms with van der Waals surface area (Å²) >= 11 is 6.10. The summed E-state index contributed by atoms with van der Waals surface area (Å²) in [6, 6.07) is 11.6. The van der Waals surface area contributed by atoms with Gasteiger partial charge in [-0.3, -0.25) is 0 Å². The molecule has 0 radical (unpaired) electrons. The fourth-order valence-corrected chi connectivity index (χ4v) is 2.65. The van der Waals surface area contributed by atoms with Crippen LogP contribution in [0.1, 0.15) is 16.8 Å². The molecule has 2 aromatic heterocycles. The number of aromatic nitrogens is 2. The molecule has 0 saturated heterocycles. The van der Waals surface area contributed by atoms with Gasteiger partial charge in [0.25, 0.3) is 0 Å². The molecule has 0 bridgehead atoms. The van der Waals surface area contributed by atoms with Crippen molar-refractivity contribution >= 4 is 22.5 Å². The Bertz CT molecular complexity index is 845. The topological polar surface area (TPSA) is 67.6 Å². The number of nitriles is 1. The van der Waals surface area contributed by atoms with Crippen molar-refractivity contribution in [2.24, 2.45) is 5.73 Å². The second-order valence-corrected chi connectivity index (χ2v) is 5.21. The maximum atomic E-state index is 9.14. The third-order valence-electron chi connectivity index (χ3n) is 3.48. The minimum Gasteiger partial charge on any atom is -0.343 e. The molecule has 104 valence electrons. The normalized spacial score (nSPS) is 10.7. The Labute approximate surface area is 127 Å². The lowest BCUT2D eigenvalue weighted by atomic mass is 10.2. The molecule has 21 heavy (non-hydrogen) atoms. The van der Waals surface area contributed by atoms with E-state index in [4.69, 9.17) is 22.6 Å². The molecule has 5 heteroatoms. The van der Waals surface area contributed by atoms with Gasteiger partial charge in [-0.05, 0) is 23.8 Å². The third-order valence-corrected chi connectivity index (χ3v) is 3.72. The summed E-state index contributed by atoms with van der Waals surface area (Å²) in [6.07, 6.45) is 3.63. The first-order chi connectivity index (χ1) is 10.2. The molecule has 0 spiro atoms. The molecular formula is C16H13ClN4. The van der Waals surface area contributed by atoms with E-state index in [0.717, 1.165) is 22.0 Å². The van der Waals surface area contributed by atoms with Crippen LogP contribution in [0.15, 0.2) is 42.7 Å². The molecule has 0 aliphatic rings.